The van der Waals surface area contributed by atoms with Crippen LogP contribution in [0.4, 0.5) is 0 Å². The zero-order chi connectivity index (χ0) is 15.1. The number of hydrogen-bond acceptors (Lipinski definition) is 4. The Bertz CT molecular complexity index is 633. The number of nitrogens with zero attached hydrogens (tertiary/aromatic N) is 1. The highest BCUT2D eigenvalue weighted by Crippen LogP contribution is 2.38. The first-order chi connectivity index (χ1) is 9.17. The van der Waals surface area contributed by atoms with Crippen LogP contribution in [0.2, 0.25) is 5.02 Å². The Morgan fingerprint density at radius 3 is 2.65 bits per heavy atom. The Morgan fingerprint density at radius 2 is 2.15 bits per heavy atom. The van der Waals surface area contributed by atoms with Crippen molar-refractivity contribution in [3.8, 4) is 5.75 Å². The van der Waals surface area contributed by atoms with Crippen molar-refractivity contribution in [2.24, 2.45) is 0 Å². The molecule has 1 N–H and O–H groups in total. The van der Waals surface area contributed by atoms with E-state index in [1.54, 1.807) is 13.0 Å². The minimum Gasteiger partial charge on any atom is -0.494 e. The largest absolute Gasteiger partial charge is 0.494 e. The lowest BCUT2D eigenvalue weighted by atomic mass is 10.1. The van der Waals surface area contributed by atoms with Gasteiger partial charge in [0.25, 0.3) is 0 Å². The summed E-state index contributed by atoms with van der Waals surface area (Å²) >= 11 is 9.17. The fraction of sp³-hybridized carbons (Fsp3) is 0.500. The van der Waals surface area contributed by atoms with Gasteiger partial charge in [-0.1, -0.05) is 11.6 Å². The third-order valence-electron chi connectivity index (χ3n) is 3.21. The molecule has 112 valence electrons. The maximum Gasteiger partial charge on any atom is 0.246 e. The number of halogens is 2. The number of sulfonamides is 1. The summed E-state index contributed by atoms with van der Waals surface area (Å²) in [6.07, 6.45) is 0.399. The molecule has 0 spiro atoms. The van der Waals surface area contributed by atoms with Crippen LogP contribution in [-0.2, 0) is 10.0 Å². The number of hydrogen-bond donors (Lipinski definition) is 1. The Kier molecular flexibility index (Phi) is 4.37. The van der Waals surface area contributed by atoms with Gasteiger partial charge < -0.3 is 9.84 Å². The van der Waals surface area contributed by atoms with Crippen LogP contribution in [-0.4, -0.2) is 43.6 Å². The molecule has 0 bridgehead atoms. The molecule has 0 saturated carbocycles. The zero-order valence-electron chi connectivity index (χ0n) is 11.1. The summed E-state index contributed by atoms with van der Waals surface area (Å²) in [5.41, 5.74) is -1.00. The van der Waals surface area contributed by atoms with E-state index in [1.807, 2.05) is 0 Å². The number of rotatable bonds is 3. The molecule has 2 rings (SSSR count). The van der Waals surface area contributed by atoms with Crippen LogP contribution in [0.25, 0.3) is 0 Å². The van der Waals surface area contributed by atoms with Gasteiger partial charge >= 0.3 is 0 Å². The average Bonchev–Trinajstić information content (AvgIpc) is 2.69. The van der Waals surface area contributed by atoms with E-state index in [4.69, 9.17) is 16.3 Å². The van der Waals surface area contributed by atoms with E-state index in [0.29, 0.717) is 15.9 Å². The normalized spacial score (nSPS) is 24.1. The molecule has 0 radical (unpaired) electrons. The van der Waals surface area contributed by atoms with Crippen molar-refractivity contribution in [1.82, 2.24) is 4.31 Å². The molecule has 1 saturated heterocycles. The molecule has 0 amide bonds. The quantitative estimate of drug-likeness (QED) is 0.868. The third-order valence-corrected chi connectivity index (χ3v) is 5.87. The molecule has 8 heteroatoms. The maximum atomic E-state index is 12.7. The van der Waals surface area contributed by atoms with Gasteiger partial charge in [0.1, 0.15) is 4.90 Å². The van der Waals surface area contributed by atoms with Crippen molar-refractivity contribution >= 4 is 37.6 Å². The zero-order valence-corrected chi connectivity index (χ0v) is 14.2. The van der Waals surface area contributed by atoms with Crippen molar-refractivity contribution in [2.75, 3.05) is 20.2 Å². The highest BCUT2D eigenvalue weighted by molar-refractivity contribution is 9.10. The molecule has 5 nitrogen and oxygen atoms in total. The Morgan fingerprint density at radius 1 is 1.50 bits per heavy atom. The van der Waals surface area contributed by atoms with Crippen LogP contribution < -0.4 is 4.74 Å². The lowest BCUT2D eigenvalue weighted by Gasteiger charge is -2.20. The second-order valence-corrected chi connectivity index (χ2v) is 8.20. The Hall–Kier alpha value is -0.340. The molecule has 1 fully saturated rings. The lowest BCUT2D eigenvalue weighted by Crippen LogP contribution is -2.34. The SMILES string of the molecule is COc1c(Br)cc(Cl)cc1S(=O)(=O)N1CCC(C)(O)C1. The molecule has 1 aromatic carbocycles. The van der Waals surface area contributed by atoms with Crippen LogP contribution in [0, 0.1) is 0 Å². The highest BCUT2D eigenvalue weighted by atomic mass is 79.9. The molecule has 1 aromatic rings. The van der Waals surface area contributed by atoms with Crippen molar-refractivity contribution < 1.29 is 18.3 Å². The number of β-amino-alcohol motifs (C(OH)–C–C–N with tert-alkyl or cyclic N) is 1. The van der Waals surface area contributed by atoms with Gasteiger partial charge in [-0.25, -0.2) is 8.42 Å². The lowest BCUT2D eigenvalue weighted by molar-refractivity contribution is 0.0762. The summed E-state index contributed by atoms with van der Waals surface area (Å²) in [6.45, 7) is 1.94. The molecular formula is C12H15BrClNO4S. The van der Waals surface area contributed by atoms with E-state index in [-0.39, 0.29) is 23.7 Å². The predicted octanol–water partition coefficient (Wildman–Crippen LogP) is 2.26. The standard InChI is InChI=1S/C12H15BrClNO4S/c1-12(16)3-4-15(7-12)20(17,18)10-6-8(14)5-9(13)11(10)19-2/h5-6,16H,3-4,7H2,1-2H3. The summed E-state index contributed by atoms with van der Waals surface area (Å²) in [7, 11) is -2.37. The fourth-order valence-corrected chi connectivity index (χ4v) is 5.10. The minimum atomic E-state index is -3.76. The van der Waals surface area contributed by atoms with Crippen molar-refractivity contribution in [1.29, 1.82) is 0 Å². The summed E-state index contributed by atoms with van der Waals surface area (Å²) in [5.74, 6) is 0.209. The summed E-state index contributed by atoms with van der Waals surface area (Å²) in [6, 6.07) is 2.92. The van der Waals surface area contributed by atoms with Gasteiger partial charge in [0.15, 0.2) is 5.75 Å². The first-order valence-electron chi connectivity index (χ1n) is 5.93. The fourth-order valence-electron chi connectivity index (χ4n) is 2.17. The molecule has 1 atom stereocenters. The van der Waals surface area contributed by atoms with E-state index in [0.717, 1.165) is 0 Å². The monoisotopic (exact) mass is 383 g/mol. The summed E-state index contributed by atoms with van der Waals surface area (Å²) < 4.78 is 32.2. The molecule has 1 unspecified atom stereocenters. The van der Waals surface area contributed by atoms with Crippen LogP contribution in [0.1, 0.15) is 13.3 Å². The summed E-state index contributed by atoms with van der Waals surface area (Å²) in [4.78, 5) is -0.00271. The number of methoxy groups -OCH3 is 1. The molecule has 1 heterocycles. The van der Waals surface area contributed by atoms with Gasteiger partial charge in [0.05, 0.1) is 17.2 Å². The van der Waals surface area contributed by atoms with Crippen molar-refractivity contribution in [2.45, 2.75) is 23.8 Å². The van der Waals surface area contributed by atoms with Gasteiger partial charge in [-0.3, -0.25) is 0 Å². The van der Waals surface area contributed by atoms with E-state index in [9.17, 15) is 13.5 Å². The Balaban J connectivity index is 2.50. The molecular weight excluding hydrogens is 370 g/mol. The van der Waals surface area contributed by atoms with Gasteiger partial charge in [-0.2, -0.15) is 4.31 Å². The smallest absolute Gasteiger partial charge is 0.246 e. The van der Waals surface area contributed by atoms with Crippen molar-refractivity contribution in [3.05, 3.63) is 21.6 Å². The topological polar surface area (TPSA) is 66.8 Å². The van der Waals surface area contributed by atoms with E-state index in [1.165, 1.54) is 17.5 Å². The first kappa shape index (κ1) is 16.0. The highest BCUT2D eigenvalue weighted by Gasteiger charge is 2.39. The minimum absolute atomic E-state index is 0.00271. The number of benzene rings is 1. The van der Waals surface area contributed by atoms with Crippen LogP contribution >= 0.6 is 27.5 Å². The summed E-state index contributed by atoms with van der Waals surface area (Å²) in [5, 5.41) is 10.2. The molecule has 0 aliphatic carbocycles. The van der Waals surface area contributed by atoms with Gasteiger partial charge in [-0.05, 0) is 41.4 Å². The first-order valence-corrected chi connectivity index (χ1v) is 8.54. The van der Waals surface area contributed by atoms with E-state index >= 15 is 0 Å². The van der Waals surface area contributed by atoms with E-state index < -0.39 is 15.6 Å². The number of aliphatic hydroxyl groups is 1. The second kappa shape index (κ2) is 5.46. The molecule has 0 aromatic heterocycles. The third kappa shape index (κ3) is 2.96. The van der Waals surface area contributed by atoms with Crippen LogP contribution in [0.5, 0.6) is 5.75 Å². The molecule has 1 aliphatic rings. The second-order valence-electron chi connectivity index (χ2n) is 5.00. The number of ether oxygens (including phenoxy) is 1. The van der Waals surface area contributed by atoms with Gasteiger partial charge in [0.2, 0.25) is 10.0 Å². The van der Waals surface area contributed by atoms with Gasteiger partial charge in [-0.15, -0.1) is 0 Å². The predicted molar refractivity (Wildman–Crippen MR) is 79.7 cm³/mol. The van der Waals surface area contributed by atoms with Gasteiger partial charge in [0, 0.05) is 18.1 Å². The Labute approximate surface area is 131 Å². The van der Waals surface area contributed by atoms with Crippen LogP contribution in [0.3, 0.4) is 0 Å². The molecule has 20 heavy (non-hydrogen) atoms. The van der Waals surface area contributed by atoms with Crippen molar-refractivity contribution in [3.63, 3.8) is 0 Å². The van der Waals surface area contributed by atoms with E-state index in [2.05, 4.69) is 15.9 Å². The average molecular weight is 385 g/mol. The molecule has 1 aliphatic heterocycles. The van der Waals surface area contributed by atoms with Crippen LogP contribution in [0.15, 0.2) is 21.5 Å². The maximum absolute atomic E-state index is 12.7.